The predicted octanol–water partition coefficient (Wildman–Crippen LogP) is 1.39. The fourth-order valence-electron chi connectivity index (χ4n) is 3.49. The topological polar surface area (TPSA) is 41.3 Å². The molecule has 1 aromatic rings. The highest BCUT2D eigenvalue weighted by Crippen LogP contribution is 2.28. The number of hydrogen-bond donors (Lipinski definition) is 1. The number of rotatable bonds is 3. The maximum Gasteiger partial charge on any atom is 0.110 e. The number of imidazole rings is 1. The fraction of sp³-hybridized carbons (Fsp3) is 0.786. The van der Waals surface area contributed by atoms with Crippen LogP contribution >= 0.6 is 0 Å². The second kappa shape index (κ2) is 5.02. The molecule has 2 aliphatic rings. The SMILES string of the molecule is CN1CCCC1Cc1ncc2n1C(CO)CCC2. The standard InChI is InChI=1S/C14H23N3O/c1-16-7-3-6-11(16)8-14-15-9-12-4-2-5-13(10-18)17(12)14/h9,11,13,18H,2-8,10H2,1H3. The van der Waals surface area contributed by atoms with Gasteiger partial charge >= 0.3 is 0 Å². The van der Waals surface area contributed by atoms with E-state index in [-0.39, 0.29) is 12.6 Å². The molecule has 0 radical (unpaired) electrons. The van der Waals surface area contributed by atoms with Gasteiger partial charge in [0.15, 0.2) is 0 Å². The molecule has 1 fully saturated rings. The highest BCUT2D eigenvalue weighted by molar-refractivity contribution is 5.12. The number of aryl methyl sites for hydroxylation is 1. The summed E-state index contributed by atoms with van der Waals surface area (Å²) >= 11 is 0. The molecule has 0 amide bonds. The van der Waals surface area contributed by atoms with Gasteiger partial charge in [-0.15, -0.1) is 0 Å². The van der Waals surface area contributed by atoms with E-state index in [0.717, 1.165) is 19.3 Å². The number of likely N-dealkylation sites (tertiary alicyclic amines) is 1. The van der Waals surface area contributed by atoms with Crippen LogP contribution in [0.2, 0.25) is 0 Å². The van der Waals surface area contributed by atoms with E-state index in [0.29, 0.717) is 6.04 Å². The predicted molar refractivity (Wildman–Crippen MR) is 70.6 cm³/mol. The third-order valence-electron chi connectivity index (χ3n) is 4.59. The van der Waals surface area contributed by atoms with Crippen molar-refractivity contribution >= 4 is 0 Å². The molecule has 2 unspecified atom stereocenters. The van der Waals surface area contributed by atoms with Crippen molar-refractivity contribution in [3.8, 4) is 0 Å². The minimum Gasteiger partial charge on any atom is -0.394 e. The maximum atomic E-state index is 9.53. The van der Waals surface area contributed by atoms with Crippen molar-refractivity contribution < 1.29 is 5.11 Å². The molecule has 0 spiro atoms. The highest BCUT2D eigenvalue weighted by atomic mass is 16.3. The van der Waals surface area contributed by atoms with Crippen LogP contribution in [-0.2, 0) is 12.8 Å². The van der Waals surface area contributed by atoms with Gasteiger partial charge in [-0.1, -0.05) is 0 Å². The first-order valence-corrected chi connectivity index (χ1v) is 7.15. The first kappa shape index (κ1) is 12.2. The van der Waals surface area contributed by atoms with Gasteiger partial charge in [0.1, 0.15) is 5.82 Å². The lowest BCUT2D eigenvalue weighted by atomic mass is 10.0. The van der Waals surface area contributed by atoms with Crippen LogP contribution in [0.1, 0.15) is 43.2 Å². The third kappa shape index (κ3) is 2.08. The summed E-state index contributed by atoms with van der Waals surface area (Å²) in [5, 5.41) is 9.53. The van der Waals surface area contributed by atoms with Gasteiger partial charge in [0.05, 0.1) is 12.6 Å². The van der Waals surface area contributed by atoms with E-state index in [1.54, 1.807) is 0 Å². The quantitative estimate of drug-likeness (QED) is 0.880. The Bertz CT molecular complexity index is 415. The van der Waals surface area contributed by atoms with Gasteiger partial charge in [-0.05, 0) is 45.7 Å². The molecule has 2 aliphatic heterocycles. The van der Waals surface area contributed by atoms with Gasteiger partial charge in [0.2, 0.25) is 0 Å². The second-order valence-corrected chi connectivity index (χ2v) is 5.75. The van der Waals surface area contributed by atoms with Crippen LogP contribution in [0.4, 0.5) is 0 Å². The van der Waals surface area contributed by atoms with Crippen molar-refractivity contribution in [1.29, 1.82) is 0 Å². The van der Waals surface area contributed by atoms with Crippen molar-refractivity contribution in [3.63, 3.8) is 0 Å². The zero-order valence-electron chi connectivity index (χ0n) is 11.2. The van der Waals surface area contributed by atoms with Crippen LogP contribution in [0.25, 0.3) is 0 Å². The molecule has 4 heteroatoms. The lowest BCUT2D eigenvalue weighted by molar-refractivity contribution is 0.201. The Kier molecular flexibility index (Phi) is 3.39. The van der Waals surface area contributed by atoms with Crippen LogP contribution in [-0.4, -0.2) is 45.8 Å². The Labute approximate surface area is 109 Å². The molecule has 1 N–H and O–H groups in total. The van der Waals surface area contributed by atoms with Crippen LogP contribution in [0.5, 0.6) is 0 Å². The zero-order chi connectivity index (χ0) is 12.5. The first-order valence-electron chi connectivity index (χ1n) is 7.15. The summed E-state index contributed by atoms with van der Waals surface area (Å²) < 4.78 is 2.32. The largest absolute Gasteiger partial charge is 0.394 e. The van der Waals surface area contributed by atoms with Gasteiger partial charge in [-0.2, -0.15) is 0 Å². The molecule has 1 saturated heterocycles. The van der Waals surface area contributed by atoms with Gasteiger partial charge in [0.25, 0.3) is 0 Å². The Morgan fingerprint density at radius 3 is 2.89 bits per heavy atom. The van der Waals surface area contributed by atoms with Gasteiger partial charge in [-0.3, -0.25) is 0 Å². The normalized spacial score (nSPS) is 28.6. The average molecular weight is 249 g/mol. The van der Waals surface area contributed by atoms with Gasteiger partial charge in [0, 0.05) is 24.4 Å². The molecule has 0 aliphatic carbocycles. The van der Waals surface area contributed by atoms with Crippen molar-refractivity contribution in [2.24, 2.45) is 0 Å². The van der Waals surface area contributed by atoms with Crippen molar-refractivity contribution in [1.82, 2.24) is 14.5 Å². The van der Waals surface area contributed by atoms with E-state index < -0.39 is 0 Å². The molecule has 0 aromatic carbocycles. The average Bonchev–Trinajstić information content (AvgIpc) is 2.97. The van der Waals surface area contributed by atoms with Crippen LogP contribution in [0.15, 0.2) is 6.20 Å². The summed E-state index contributed by atoms with van der Waals surface area (Å²) in [6.07, 6.45) is 9.02. The van der Waals surface area contributed by atoms with Crippen molar-refractivity contribution in [2.45, 2.75) is 50.6 Å². The summed E-state index contributed by atoms with van der Waals surface area (Å²) in [6.45, 7) is 1.46. The minimum absolute atomic E-state index is 0.247. The van der Waals surface area contributed by atoms with E-state index in [1.807, 2.05) is 6.20 Å². The molecule has 3 heterocycles. The van der Waals surface area contributed by atoms with E-state index in [9.17, 15) is 5.11 Å². The Balaban J connectivity index is 1.82. The third-order valence-corrected chi connectivity index (χ3v) is 4.59. The van der Waals surface area contributed by atoms with Crippen molar-refractivity contribution in [3.05, 3.63) is 17.7 Å². The van der Waals surface area contributed by atoms with Gasteiger partial charge in [-0.25, -0.2) is 4.98 Å². The molecule has 0 saturated carbocycles. The van der Waals surface area contributed by atoms with Gasteiger partial charge < -0.3 is 14.6 Å². The molecule has 4 nitrogen and oxygen atoms in total. The lowest BCUT2D eigenvalue weighted by Gasteiger charge is -2.27. The fourth-order valence-corrected chi connectivity index (χ4v) is 3.49. The second-order valence-electron chi connectivity index (χ2n) is 5.75. The Morgan fingerprint density at radius 1 is 1.33 bits per heavy atom. The minimum atomic E-state index is 0.247. The monoisotopic (exact) mass is 249 g/mol. The van der Waals surface area contributed by atoms with E-state index in [2.05, 4.69) is 21.5 Å². The number of aliphatic hydroxyl groups excluding tert-OH is 1. The Hall–Kier alpha value is -0.870. The first-order chi connectivity index (χ1) is 8.79. The lowest BCUT2D eigenvalue weighted by Crippen LogP contribution is -2.30. The molecule has 18 heavy (non-hydrogen) atoms. The number of fused-ring (bicyclic) bond motifs is 1. The zero-order valence-corrected chi connectivity index (χ0v) is 11.2. The van der Waals surface area contributed by atoms with E-state index in [1.165, 1.54) is 37.3 Å². The number of aliphatic hydroxyl groups is 1. The summed E-state index contributed by atoms with van der Waals surface area (Å²) in [7, 11) is 2.21. The van der Waals surface area contributed by atoms with E-state index in [4.69, 9.17) is 0 Å². The van der Waals surface area contributed by atoms with E-state index >= 15 is 0 Å². The summed E-state index contributed by atoms with van der Waals surface area (Å²) in [5.74, 6) is 1.18. The van der Waals surface area contributed by atoms with Crippen LogP contribution in [0.3, 0.4) is 0 Å². The number of likely N-dealkylation sites (N-methyl/N-ethyl adjacent to an activating group) is 1. The molecule has 1 aromatic heterocycles. The molecular formula is C14H23N3O. The molecular weight excluding hydrogens is 226 g/mol. The highest BCUT2D eigenvalue weighted by Gasteiger charge is 2.27. The molecule has 3 rings (SSSR count). The molecule has 2 atom stereocenters. The summed E-state index contributed by atoms with van der Waals surface area (Å²) in [6, 6.07) is 0.899. The number of aromatic nitrogens is 2. The molecule has 100 valence electrons. The van der Waals surface area contributed by atoms with Crippen LogP contribution in [0, 0.1) is 0 Å². The van der Waals surface area contributed by atoms with Crippen molar-refractivity contribution in [2.75, 3.05) is 20.2 Å². The maximum absolute atomic E-state index is 9.53. The van der Waals surface area contributed by atoms with Crippen LogP contribution < -0.4 is 0 Å². The smallest absolute Gasteiger partial charge is 0.110 e. The summed E-state index contributed by atoms with van der Waals surface area (Å²) in [5.41, 5.74) is 1.32. The summed E-state index contributed by atoms with van der Waals surface area (Å²) in [4.78, 5) is 7.06. The number of hydrogen-bond acceptors (Lipinski definition) is 3. The molecule has 0 bridgehead atoms. The number of nitrogens with zero attached hydrogens (tertiary/aromatic N) is 3. The Morgan fingerprint density at radius 2 is 2.17 bits per heavy atom.